The number of amides is 1. The van der Waals surface area contributed by atoms with E-state index in [1.54, 1.807) is 0 Å². The Kier molecular flexibility index (Phi) is 10.7. The lowest BCUT2D eigenvalue weighted by molar-refractivity contribution is -0.127. The van der Waals surface area contributed by atoms with Crippen LogP contribution in [-0.4, -0.2) is 68.0 Å². The third-order valence-corrected chi connectivity index (χ3v) is 6.82. The predicted octanol–water partition coefficient (Wildman–Crippen LogP) is 3.70. The average Bonchev–Trinajstić information content (AvgIpc) is 3.51. The molecule has 2 fully saturated rings. The van der Waals surface area contributed by atoms with E-state index in [2.05, 4.69) is 75.1 Å². The van der Waals surface area contributed by atoms with E-state index >= 15 is 0 Å². The van der Waals surface area contributed by atoms with Gasteiger partial charge in [-0.1, -0.05) is 60.7 Å². The minimum Gasteiger partial charge on any atom is -0.356 e. The van der Waals surface area contributed by atoms with Gasteiger partial charge in [-0.2, -0.15) is 0 Å². The number of guanidine groups is 1. The van der Waals surface area contributed by atoms with Gasteiger partial charge in [0.2, 0.25) is 5.91 Å². The van der Waals surface area contributed by atoms with E-state index in [0.29, 0.717) is 18.4 Å². The summed E-state index contributed by atoms with van der Waals surface area (Å²) < 4.78 is 0. The fourth-order valence-electron chi connectivity index (χ4n) is 4.96. The number of carbonyl (C=O) groups is 1. The minimum absolute atomic E-state index is 0. The first kappa shape index (κ1) is 26.5. The van der Waals surface area contributed by atoms with Crippen LogP contribution in [0.3, 0.4) is 0 Å². The highest BCUT2D eigenvalue weighted by Gasteiger charge is 2.29. The maximum atomic E-state index is 12.5. The predicted molar refractivity (Wildman–Crippen MR) is 150 cm³/mol. The van der Waals surface area contributed by atoms with Crippen LogP contribution in [0.15, 0.2) is 65.7 Å². The van der Waals surface area contributed by atoms with Gasteiger partial charge in [0, 0.05) is 45.6 Å². The van der Waals surface area contributed by atoms with Gasteiger partial charge in [0.15, 0.2) is 5.96 Å². The Balaban J connectivity index is 0.00000324. The van der Waals surface area contributed by atoms with Crippen molar-refractivity contribution < 1.29 is 4.79 Å². The lowest BCUT2D eigenvalue weighted by Crippen LogP contribution is -2.44. The van der Waals surface area contributed by atoms with Crippen molar-refractivity contribution in [3.05, 3.63) is 71.8 Å². The highest BCUT2D eigenvalue weighted by atomic mass is 127. The van der Waals surface area contributed by atoms with Crippen molar-refractivity contribution in [3.8, 4) is 0 Å². The van der Waals surface area contributed by atoms with Crippen LogP contribution >= 0.6 is 24.0 Å². The van der Waals surface area contributed by atoms with Gasteiger partial charge in [0.1, 0.15) is 0 Å². The molecule has 2 unspecified atom stereocenters. The molecule has 2 saturated heterocycles. The summed E-state index contributed by atoms with van der Waals surface area (Å²) in [4.78, 5) is 21.5. The largest absolute Gasteiger partial charge is 0.356 e. The summed E-state index contributed by atoms with van der Waals surface area (Å²) in [6.45, 7) is 5.48. The Morgan fingerprint density at radius 1 is 1.03 bits per heavy atom. The maximum Gasteiger partial charge on any atom is 0.223 e. The van der Waals surface area contributed by atoms with Gasteiger partial charge in [-0.25, -0.2) is 0 Å². The summed E-state index contributed by atoms with van der Waals surface area (Å²) in [5.74, 6) is 1.39. The topological polar surface area (TPSA) is 60.0 Å². The van der Waals surface area contributed by atoms with Gasteiger partial charge in [-0.15, -0.1) is 24.0 Å². The van der Waals surface area contributed by atoms with Crippen molar-refractivity contribution in [1.82, 2.24) is 20.4 Å². The van der Waals surface area contributed by atoms with Crippen molar-refractivity contribution in [2.24, 2.45) is 10.9 Å². The molecule has 2 aliphatic rings. The van der Waals surface area contributed by atoms with Gasteiger partial charge in [-0.05, 0) is 43.5 Å². The third kappa shape index (κ3) is 7.43. The number of benzene rings is 2. The molecule has 0 aromatic heterocycles. The fraction of sp³-hybridized carbons (Fsp3) is 0.481. The second-order valence-electron chi connectivity index (χ2n) is 9.15. The number of rotatable bonds is 9. The van der Waals surface area contributed by atoms with E-state index in [1.807, 2.05) is 18.0 Å². The molecule has 2 heterocycles. The van der Waals surface area contributed by atoms with Crippen LogP contribution in [0.1, 0.15) is 36.4 Å². The first-order valence-electron chi connectivity index (χ1n) is 12.3. The lowest BCUT2D eigenvalue weighted by atomic mass is 10.1. The molecular weight excluding hydrogens is 537 g/mol. The number of nitrogens with zero attached hydrogens (tertiary/aromatic N) is 3. The van der Waals surface area contributed by atoms with Crippen molar-refractivity contribution in [1.29, 1.82) is 0 Å². The monoisotopic (exact) mass is 575 g/mol. The van der Waals surface area contributed by atoms with Crippen molar-refractivity contribution >= 4 is 35.8 Å². The average molecular weight is 576 g/mol. The quantitative estimate of drug-likeness (QED) is 0.272. The van der Waals surface area contributed by atoms with E-state index in [0.717, 1.165) is 51.6 Å². The number of hydrogen-bond acceptors (Lipinski definition) is 3. The standard InChI is InChI=1S/C27H37N5O.HI/c1-28-27(30-20-25(31-15-8-9-16-31)24-12-6-3-7-13-24)29-19-23-18-26(33)32(21-23)17-14-22-10-4-2-5-11-22;/h2-7,10-13,23,25H,8-9,14-21H2,1H3,(H2,28,29,30);1H. The summed E-state index contributed by atoms with van der Waals surface area (Å²) in [6, 6.07) is 21.5. The second-order valence-corrected chi connectivity index (χ2v) is 9.15. The number of nitrogens with one attached hydrogen (secondary N) is 2. The van der Waals surface area contributed by atoms with Gasteiger partial charge < -0.3 is 15.5 Å². The molecule has 2 aromatic rings. The number of hydrogen-bond donors (Lipinski definition) is 2. The van der Waals surface area contributed by atoms with Crippen LogP contribution < -0.4 is 10.6 Å². The Labute approximate surface area is 221 Å². The summed E-state index contributed by atoms with van der Waals surface area (Å²) in [5.41, 5.74) is 2.63. The van der Waals surface area contributed by atoms with E-state index in [1.165, 1.54) is 24.0 Å². The molecule has 2 N–H and O–H groups in total. The zero-order valence-corrected chi connectivity index (χ0v) is 22.5. The van der Waals surface area contributed by atoms with E-state index < -0.39 is 0 Å². The summed E-state index contributed by atoms with van der Waals surface area (Å²) in [7, 11) is 1.81. The van der Waals surface area contributed by atoms with Crippen LogP contribution in [0.4, 0.5) is 0 Å². The normalized spacial score (nSPS) is 19.7. The molecule has 2 aromatic carbocycles. The molecule has 0 aliphatic carbocycles. The molecule has 34 heavy (non-hydrogen) atoms. The van der Waals surface area contributed by atoms with Crippen LogP contribution in [0, 0.1) is 5.92 Å². The molecule has 0 radical (unpaired) electrons. The molecule has 0 saturated carbocycles. The highest BCUT2D eigenvalue weighted by Crippen LogP contribution is 2.24. The van der Waals surface area contributed by atoms with Crippen molar-refractivity contribution in [2.75, 3.05) is 46.3 Å². The smallest absolute Gasteiger partial charge is 0.223 e. The minimum atomic E-state index is 0. The number of carbonyl (C=O) groups excluding carboxylic acids is 1. The van der Waals surface area contributed by atoms with E-state index in [9.17, 15) is 4.79 Å². The number of aliphatic imine (C=N–C) groups is 1. The lowest BCUT2D eigenvalue weighted by Gasteiger charge is -2.29. The molecule has 4 rings (SSSR count). The number of likely N-dealkylation sites (tertiary alicyclic amines) is 2. The van der Waals surface area contributed by atoms with E-state index in [4.69, 9.17) is 0 Å². The SMILES string of the molecule is CN=C(NCC1CC(=O)N(CCc2ccccc2)C1)NCC(c1ccccc1)N1CCCC1.I. The van der Waals surface area contributed by atoms with Gasteiger partial charge in [-0.3, -0.25) is 14.7 Å². The number of halogens is 1. The molecule has 2 aliphatic heterocycles. The molecule has 0 bridgehead atoms. The van der Waals surface area contributed by atoms with Crippen LogP contribution in [0.5, 0.6) is 0 Å². The van der Waals surface area contributed by atoms with Gasteiger partial charge >= 0.3 is 0 Å². The zero-order valence-electron chi connectivity index (χ0n) is 20.2. The second kappa shape index (κ2) is 13.7. The first-order valence-corrected chi connectivity index (χ1v) is 12.3. The Morgan fingerprint density at radius 3 is 2.38 bits per heavy atom. The van der Waals surface area contributed by atoms with Crippen LogP contribution in [0.2, 0.25) is 0 Å². The van der Waals surface area contributed by atoms with Gasteiger partial charge in [0.05, 0.1) is 6.04 Å². The molecule has 184 valence electrons. The molecule has 0 spiro atoms. The summed E-state index contributed by atoms with van der Waals surface area (Å²) in [5, 5.41) is 7.00. The first-order chi connectivity index (χ1) is 16.2. The highest BCUT2D eigenvalue weighted by molar-refractivity contribution is 14.0. The van der Waals surface area contributed by atoms with Crippen LogP contribution in [-0.2, 0) is 11.2 Å². The van der Waals surface area contributed by atoms with Crippen molar-refractivity contribution in [3.63, 3.8) is 0 Å². The maximum absolute atomic E-state index is 12.5. The Hall–Kier alpha value is -2.13. The van der Waals surface area contributed by atoms with E-state index in [-0.39, 0.29) is 29.9 Å². The third-order valence-electron chi connectivity index (χ3n) is 6.82. The summed E-state index contributed by atoms with van der Waals surface area (Å²) in [6.07, 6.45) is 4.06. The molecule has 2 atom stereocenters. The van der Waals surface area contributed by atoms with Crippen LogP contribution in [0.25, 0.3) is 0 Å². The molecular formula is C27H38IN5O. The molecule has 6 nitrogen and oxygen atoms in total. The van der Waals surface area contributed by atoms with Gasteiger partial charge in [0.25, 0.3) is 0 Å². The fourth-order valence-corrected chi connectivity index (χ4v) is 4.96. The zero-order chi connectivity index (χ0) is 22.9. The Morgan fingerprint density at radius 2 is 1.71 bits per heavy atom. The molecule has 1 amide bonds. The molecule has 7 heteroatoms. The Bertz CT molecular complexity index is 902. The summed E-state index contributed by atoms with van der Waals surface area (Å²) >= 11 is 0. The van der Waals surface area contributed by atoms with Crippen molar-refractivity contribution in [2.45, 2.75) is 31.7 Å².